The van der Waals surface area contributed by atoms with Crippen LogP contribution in [0, 0.1) is 0 Å². The molecule has 0 spiro atoms. The van der Waals surface area contributed by atoms with Gasteiger partial charge in [-0.2, -0.15) is 0 Å². The number of nitrogens with zero attached hydrogens (tertiary/aromatic N) is 1. The summed E-state index contributed by atoms with van der Waals surface area (Å²) in [6.45, 7) is 0. The van der Waals surface area contributed by atoms with E-state index in [1.165, 1.54) is 0 Å². The SMILES string of the molecule is Cl.Nc1ccc2ccccc2n1.O. The number of rotatable bonds is 0. The molecule has 0 fully saturated rings. The number of hydrogen-bond donors (Lipinski definition) is 1. The van der Waals surface area contributed by atoms with Gasteiger partial charge in [0.25, 0.3) is 0 Å². The molecule has 0 saturated carbocycles. The van der Waals surface area contributed by atoms with Gasteiger partial charge in [-0.05, 0) is 18.2 Å². The third-order valence-corrected chi connectivity index (χ3v) is 1.62. The number of aromatic nitrogens is 1. The van der Waals surface area contributed by atoms with Crippen LogP contribution >= 0.6 is 12.4 Å². The molecule has 0 amide bonds. The summed E-state index contributed by atoms with van der Waals surface area (Å²) in [4.78, 5) is 4.15. The number of hydrogen-bond acceptors (Lipinski definition) is 2. The van der Waals surface area contributed by atoms with E-state index >= 15 is 0 Å². The molecule has 4 N–H and O–H groups in total. The Kier molecular flexibility index (Phi) is 4.17. The van der Waals surface area contributed by atoms with Gasteiger partial charge in [-0.25, -0.2) is 4.98 Å². The summed E-state index contributed by atoms with van der Waals surface area (Å²) >= 11 is 0. The Morgan fingerprint density at radius 1 is 1.00 bits per heavy atom. The van der Waals surface area contributed by atoms with Crippen molar-refractivity contribution >= 4 is 29.1 Å². The van der Waals surface area contributed by atoms with Crippen LogP contribution in [-0.2, 0) is 0 Å². The van der Waals surface area contributed by atoms with E-state index in [9.17, 15) is 0 Å². The second-order valence-electron chi connectivity index (χ2n) is 2.43. The van der Waals surface area contributed by atoms with Gasteiger partial charge in [0.2, 0.25) is 0 Å². The van der Waals surface area contributed by atoms with E-state index in [2.05, 4.69) is 4.98 Å². The molecule has 1 heterocycles. The maximum absolute atomic E-state index is 5.51. The largest absolute Gasteiger partial charge is 0.412 e. The van der Waals surface area contributed by atoms with Crippen molar-refractivity contribution in [2.75, 3.05) is 5.73 Å². The van der Waals surface area contributed by atoms with Gasteiger partial charge in [0, 0.05) is 5.39 Å². The Morgan fingerprint density at radius 3 is 2.46 bits per heavy atom. The maximum atomic E-state index is 5.51. The lowest BCUT2D eigenvalue weighted by Gasteiger charge is -1.95. The van der Waals surface area contributed by atoms with Gasteiger partial charge in [-0.1, -0.05) is 18.2 Å². The Morgan fingerprint density at radius 2 is 1.69 bits per heavy atom. The van der Waals surface area contributed by atoms with Gasteiger partial charge in [-0.15, -0.1) is 12.4 Å². The molecular formula is C9H11ClN2O. The van der Waals surface area contributed by atoms with Gasteiger partial charge >= 0.3 is 0 Å². The summed E-state index contributed by atoms with van der Waals surface area (Å²) in [5.74, 6) is 0.573. The molecule has 4 heteroatoms. The highest BCUT2D eigenvalue weighted by Gasteiger charge is 1.91. The fourth-order valence-corrected chi connectivity index (χ4v) is 1.08. The first-order valence-corrected chi connectivity index (χ1v) is 3.47. The Bertz CT molecular complexity index is 392. The summed E-state index contributed by atoms with van der Waals surface area (Å²) in [6.07, 6.45) is 0. The molecule has 1 aromatic carbocycles. The monoisotopic (exact) mass is 198 g/mol. The normalized spacial score (nSPS) is 8.62. The molecule has 0 unspecified atom stereocenters. The molecule has 0 aliphatic heterocycles. The van der Waals surface area contributed by atoms with Crippen LogP contribution in [0.15, 0.2) is 36.4 Å². The zero-order chi connectivity index (χ0) is 7.68. The van der Waals surface area contributed by atoms with Crippen molar-refractivity contribution in [3.63, 3.8) is 0 Å². The van der Waals surface area contributed by atoms with E-state index in [1.54, 1.807) is 0 Å². The number of pyridine rings is 1. The van der Waals surface area contributed by atoms with Crippen LogP contribution in [0.25, 0.3) is 10.9 Å². The first-order valence-electron chi connectivity index (χ1n) is 3.47. The molecule has 2 aromatic rings. The number of anilines is 1. The van der Waals surface area contributed by atoms with Gasteiger partial charge in [0.05, 0.1) is 5.52 Å². The highest BCUT2D eigenvalue weighted by atomic mass is 35.5. The minimum absolute atomic E-state index is 0. The summed E-state index contributed by atoms with van der Waals surface area (Å²) in [5.41, 5.74) is 6.46. The van der Waals surface area contributed by atoms with Crippen molar-refractivity contribution in [2.24, 2.45) is 0 Å². The van der Waals surface area contributed by atoms with Crippen LogP contribution in [0.1, 0.15) is 0 Å². The van der Waals surface area contributed by atoms with Crippen LogP contribution in [0.4, 0.5) is 5.82 Å². The molecule has 1 aromatic heterocycles. The molecule has 13 heavy (non-hydrogen) atoms. The lowest BCUT2D eigenvalue weighted by Crippen LogP contribution is -1.88. The molecule has 0 aliphatic carbocycles. The summed E-state index contributed by atoms with van der Waals surface area (Å²) in [6, 6.07) is 11.7. The van der Waals surface area contributed by atoms with Gasteiger partial charge < -0.3 is 11.2 Å². The fourth-order valence-electron chi connectivity index (χ4n) is 1.08. The van der Waals surface area contributed by atoms with Crippen molar-refractivity contribution in [1.82, 2.24) is 4.98 Å². The average molecular weight is 199 g/mol. The van der Waals surface area contributed by atoms with E-state index in [4.69, 9.17) is 5.73 Å². The molecular weight excluding hydrogens is 188 g/mol. The molecule has 3 nitrogen and oxygen atoms in total. The fraction of sp³-hybridized carbons (Fsp3) is 0. The third-order valence-electron chi connectivity index (χ3n) is 1.62. The highest BCUT2D eigenvalue weighted by Crippen LogP contribution is 2.11. The van der Waals surface area contributed by atoms with Crippen molar-refractivity contribution in [3.05, 3.63) is 36.4 Å². The average Bonchev–Trinajstić information content (AvgIpc) is 2.04. The van der Waals surface area contributed by atoms with E-state index in [0.29, 0.717) is 5.82 Å². The summed E-state index contributed by atoms with van der Waals surface area (Å²) < 4.78 is 0. The first kappa shape index (κ1) is 11.7. The lowest BCUT2D eigenvalue weighted by molar-refractivity contribution is 0.824. The van der Waals surface area contributed by atoms with Crippen LogP contribution < -0.4 is 5.73 Å². The van der Waals surface area contributed by atoms with E-state index in [1.807, 2.05) is 36.4 Å². The van der Waals surface area contributed by atoms with E-state index in [-0.39, 0.29) is 17.9 Å². The Labute approximate surface area is 82.3 Å². The smallest absolute Gasteiger partial charge is 0.124 e. The molecule has 0 saturated heterocycles. The molecule has 0 radical (unpaired) electrons. The van der Waals surface area contributed by atoms with Crippen LogP contribution in [0.5, 0.6) is 0 Å². The zero-order valence-electron chi connectivity index (χ0n) is 6.90. The predicted molar refractivity (Wildman–Crippen MR) is 57.0 cm³/mol. The molecule has 0 atom stereocenters. The zero-order valence-corrected chi connectivity index (χ0v) is 7.71. The summed E-state index contributed by atoms with van der Waals surface area (Å²) in [7, 11) is 0. The van der Waals surface area contributed by atoms with Crippen LogP contribution in [0.2, 0.25) is 0 Å². The van der Waals surface area contributed by atoms with Gasteiger partial charge in [0.15, 0.2) is 0 Å². The number of benzene rings is 1. The second kappa shape index (κ2) is 4.64. The Balaban J connectivity index is 0.000000720. The molecule has 0 aliphatic rings. The lowest BCUT2D eigenvalue weighted by atomic mass is 10.2. The number of nitrogen functional groups attached to an aromatic ring is 1. The standard InChI is InChI=1S/C9H8N2.ClH.H2O/c10-9-6-5-7-3-1-2-4-8(7)11-9;;/h1-6H,(H2,10,11);1H;1H2. The predicted octanol–water partition coefficient (Wildman–Crippen LogP) is 1.41. The number of nitrogens with two attached hydrogens (primary N) is 1. The van der Waals surface area contributed by atoms with Crippen molar-refractivity contribution in [1.29, 1.82) is 0 Å². The quantitative estimate of drug-likeness (QED) is 0.696. The second-order valence-corrected chi connectivity index (χ2v) is 2.43. The number of halogens is 1. The van der Waals surface area contributed by atoms with Crippen LogP contribution in [-0.4, -0.2) is 10.5 Å². The highest BCUT2D eigenvalue weighted by molar-refractivity contribution is 5.85. The maximum Gasteiger partial charge on any atom is 0.124 e. The van der Waals surface area contributed by atoms with Gasteiger partial charge in [-0.3, -0.25) is 0 Å². The Hall–Kier alpha value is -1.32. The van der Waals surface area contributed by atoms with E-state index < -0.39 is 0 Å². The van der Waals surface area contributed by atoms with Crippen molar-refractivity contribution in [2.45, 2.75) is 0 Å². The molecule has 70 valence electrons. The minimum atomic E-state index is 0. The van der Waals surface area contributed by atoms with E-state index in [0.717, 1.165) is 10.9 Å². The van der Waals surface area contributed by atoms with Gasteiger partial charge in [0.1, 0.15) is 5.82 Å². The summed E-state index contributed by atoms with van der Waals surface area (Å²) in [5, 5.41) is 1.13. The third kappa shape index (κ3) is 2.31. The van der Waals surface area contributed by atoms with Crippen molar-refractivity contribution in [3.8, 4) is 0 Å². The van der Waals surface area contributed by atoms with Crippen LogP contribution in [0.3, 0.4) is 0 Å². The molecule has 2 rings (SSSR count). The number of fused-ring (bicyclic) bond motifs is 1. The topological polar surface area (TPSA) is 70.4 Å². The minimum Gasteiger partial charge on any atom is -0.412 e. The molecule has 0 bridgehead atoms. The van der Waals surface area contributed by atoms with Crippen molar-refractivity contribution < 1.29 is 5.48 Å². The first-order chi connectivity index (χ1) is 5.36. The number of para-hydroxylation sites is 1.